The molecule has 1 amide bonds. The first-order valence-electron chi connectivity index (χ1n) is 7.73. The van der Waals surface area contributed by atoms with E-state index in [4.69, 9.17) is 4.74 Å². The van der Waals surface area contributed by atoms with Gasteiger partial charge in [0.1, 0.15) is 0 Å². The molecule has 1 N–H and O–H groups in total. The van der Waals surface area contributed by atoms with Gasteiger partial charge in [0.2, 0.25) is 0 Å². The van der Waals surface area contributed by atoms with Crippen LogP contribution in [-0.4, -0.2) is 49.0 Å². The summed E-state index contributed by atoms with van der Waals surface area (Å²) in [6, 6.07) is 4.59. The van der Waals surface area contributed by atoms with E-state index in [1.807, 2.05) is 14.1 Å². The minimum Gasteiger partial charge on any atom is -0.490 e. The maximum Gasteiger partial charge on any atom is 0.310 e. The largest absolute Gasteiger partial charge is 0.490 e. The summed E-state index contributed by atoms with van der Waals surface area (Å²) in [6.07, 6.45) is 4.26. The second-order valence-corrected chi connectivity index (χ2v) is 6.04. The summed E-state index contributed by atoms with van der Waals surface area (Å²) in [4.78, 5) is 25.0. The average Bonchev–Trinajstić information content (AvgIpc) is 2.54. The predicted molar refractivity (Wildman–Crippen MR) is 86.8 cm³/mol. The molecular formula is C16H23N3O4. The Kier molecular flexibility index (Phi) is 5.54. The van der Waals surface area contributed by atoms with Crippen molar-refractivity contribution in [2.75, 3.05) is 21.2 Å². The van der Waals surface area contributed by atoms with E-state index in [1.54, 1.807) is 0 Å². The van der Waals surface area contributed by atoms with Gasteiger partial charge in [-0.3, -0.25) is 14.9 Å². The summed E-state index contributed by atoms with van der Waals surface area (Å²) >= 11 is 0. The zero-order valence-corrected chi connectivity index (χ0v) is 13.7. The van der Waals surface area contributed by atoms with E-state index < -0.39 is 4.92 Å². The third-order valence-electron chi connectivity index (χ3n) is 4.35. The molecule has 0 bridgehead atoms. The van der Waals surface area contributed by atoms with Crippen LogP contribution in [0.4, 0.5) is 5.69 Å². The molecule has 1 saturated carbocycles. The van der Waals surface area contributed by atoms with Crippen LogP contribution in [0.2, 0.25) is 0 Å². The third-order valence-corrected chi connectivity index (χ3v) is 4.35. The smallest absolute Gasteiger partial charge is 0.310 e. The number of ether oxygens (including phenoxy) is 1. The highest BCUT2D eigenvalue weighted by atomic mass is 16.6. The second kappa shape index (κ2) is 7.41. The summed E-state index contributed by atoms with van der Waals surface area (Å²) in [5.74, 6) is -0.132. The Morgan fingerprint density at radius 2 is 2.04 bits per heavy atom. The van der Waals surface area contributed by atoms with Crippen LogP contribution in [-0.2, 0) is 0 Å². The van der Waals surface area contributed by atoms with Crippen molar-refractivity contribution >= 4 is 11.6 Å². The highest BCUT2D eigenvalue weighted by Gasteiger charge is 2.28. The molecule has 7 heteroatoms. The van der Waals surface area contributed by atoms with Gasteiger partial charge in [-0.25, -0.2) is 0 Å². The molecule has 1 aliphatic rings. The van der Waals surface area contributed by atoms with Crippen molar-refractivity contribution in [2.45, 2.75) is 37.8 Å². The minimum atomic E-state index is -0.524. The highest BCUT2D eigenvalue weighted by Crippen LogP contribution is 2.28. The number of amides is 1. The lowest BCUT2D eigenvalue weighted by Gasteiger charge is -2.36. The molecule has 0 spiro atoms. The zero-order valence-electron chi connectivity index (χ0n) is 13.7. The molecular weight excluding hydrogens is 298 g/mol. The minimum absolute atomic E-state index is 0.0902. The predicted octanol–water partition coefficient (Wildman–Crippen LogP) is 2.21. The number of methoxy groups -OCH3 is 1. The first kappa shape index (κ1) is 17.2. The number of hydrogen-bond donors (Lipinski definition) is 1. The molecule has 126 valence electrons. The molecule has 7 nitrogen and oxygen atoms in total. The van der Waals surface area contributed by atoms with Gasteiger partial charge >= 0.3 is 5.69 Å². The Labute approximate surface area is 135 Å². The lowest BCUT2D eigenvalue weighted by molar-refractivity contribution is -0.385. The fraction of sp³-hybridized carbons (Fsp3) is 0.562. The van der Waals surface area contributed by atoms with Gasteiger partial charge in [-0.15, -0.1) is 0 Å². The Morgan fingerprint density at radius 1 is 1.35 bits per heavy atom. The van der Waals surface area contributed by atoms with E-state index in [1.165, 1.54) is 31.7 Å². The van der Waals surface area contributed by atoms with Crippen molar-refractivity contribution in [3.05, 3.63) is 33.9 Å². The Bertz CT molecular complexity index is 589. The van der Waals surface area contributed by atoms with Crippen LogP contribution in [0.1, 0.15) is 36.0 Å². The van der Waals surface area contributed by atoms with Crippen molar-refractivity contribution in [3.63, 3.8) is 0 Å². The number of benzene rings is 1. The standard InChI is InChI=1S/C16H23N3O4/c1-18(2)13-7-5-4-6-12(13)17-16(20)11-8-9-14(19(21)22)15(10-11)23-3/h8-10,12-13H,4-7H2,1-3H3,(H,17,20)/t12-,13-/m1/s1. The molecule has 0 saturated heterocycles. The van der Waals surface area contributed by atoms with E-state index >= 15 is 0 Å². The fourth-order valence-electron chi connectivity index (χ4n) is 3.12. The zero-order chi connectivity index (χ0) is 17.0. The van der Waals surface area contributed by atoms with Crippen LogP contribution >= 0.6 is 0 Å². The van der Waals surface area contributed by atoms with Gasteiger partial charge in [0.25, 0.3) is 5.91 Å². The van der Waals surface area contributed by atoms with Crippen molar-refractivity contribution in [2.24, 2.45) is 0 Å². The molecule has 1 fully saturated rings. The summed E-state index contributed by atoms with van der Waals surface area (Å²) in [7, 11) is 5.39. The normalized spacial score (nSPS) is 21.0. The number of nitrogens with one attached hydrogen (secondary N) is 1. The highest BCUT2D eigenvalue weighted by molar-refractivity contribution is 5.95. The van der Waals surface area contributed by atoms with Crippen molar-refractivity contribution in [3.8, 4) is 5.75 Å². The Balaban J connectivity index is 2.15. The lowest BCUT2D eigenvalue weighted by atomic mass is 9.89. The maximum atomic E-state index is 12.5. The van der Waals surface area contributed by atoms with Gasteiger partial charge in [-0.2, -0.15) is 0 Å². The monoisotopic (exact) mass is 321 g/mol. The van der Waals surface area contributed by atoms with Gasteiger partial charge in [0, 0.05) is 29.8 Å². The molecule has 1 aromatic carbocycles. The van der Waals surface area contributed by atoms with Gasteiger partial charge in [-0.05, 0) is 33.0 Å². The number of carbonyl (C=O) groups excluding carboxylic acids is 1. The van der Waals surface area contributed by atoms with Crippen molar-refractivity contribution in [1.82, 2.24) is 10.2 Å². The van der Waals surface area contributed by atoms with E-state index in [2.05, 4.69) is 10.2 Å². The first-order chi connectivity index (χ1) is 10.9. The SMILES string of the molecule is COc1cc(C(=O)N[C@@H]2CCCC[C@H]2N(C)C)ccc1[N+](=O)[O-]. The first-order valence-corrected chi connectivity index (χ1v) is 7.73. The van der Waals surface area contributed by atoms with E-state index in [0.717, 1.165) is 19.3 Å². The van der Waals surface area contributed by atoms with Gasteiger partial charge in [0.05, 0.1) is 12.0 Å². The van der Waals surface area contributed by atoms with E-state index in [0.29, 0.717) is 11.6 Å². The number of rotatable bonds is 5. The topological polar surface area (TPSA) is 84.7 Å². The van der Waals surface area contributed by atoms with Crippen LogP contribution in [0.15, 0.2) is 18.2 Å². The summed E-state index contributed by atoms with van der Waals surface area (Å²) < 4.78 is 5.02. The summed E-state index contributed by atoms with van der Waals surface area (Å²) in [5.41, 5.74) is 0.225. The van der Waals surface area contributed by atoms with Crippen LogP contribution < -0.4 is 10.1 Å². The molecule has 2 rings (SSSR count). The molecule has 23 heavy (non-hydrogen) atoms. The molecule has 0 unspecified atom stereocenters. The number of hydrogen-bond acceptors (Lipinski definition) is 5. The molecule has 0 aliphatic heterocycles. The number of carbonyl (C=O) groups is 1. The van der Waals surface area contributed by atoms with E-state index in [-0.39, 0.29) is 23.4 Å². The van der Waals surface area contributed by atoms with Crippen LogP contribution in [0.5, 0.6) is 5.75 Å². The molecule has 0 radical (unpaired) electrons. The fourth-order valence-corrected chi connectivity index (χ4v) is 3.12. The molecule has 1 aliphatic carbocycles. The van der Waals surface area contributed by atoms with Crippen molar-refractivity contribution in [1.29, 1.82) is 0 Å². The second-order valence-electron chi connectivity index (χ2n) is 6.04. The Hall–Kier alpha value is -2.15. The van der Waals surface area contributed by atoms with Gasteiger partial charge in [-0.1, -0.05) is 12.8 Å². The van der Waals surface area contributed by atoms with Crippen LogP contribution in [0.25, 0.3) is 0 Å². The summed E-state index contributed by atoms with van der Waals surface area (Å²) in [6.45, 7) is 0. The van der Waals surface area contributed by atoms with E-state index in [9.17, 15) is 14.9 Å². The molecule has 2 atom stereocenters. The molecule has 0 heterocycles. The molecule has 1 aromatic rings. The van der Waals surface area contributed by atoms with Gasteiger partial charge < -0.3 is 15.0 Å². The summed E-state index contributed by atoms with van der Waals surface area (Å²) in [5, 5.41) is 14.0. The molecule has 0 aromatic heterocycles. The number of nitrogens with zero attached hydrogens (tertiary/aromatic N) is 2. The Morgan fingerprint density at radius 3 is 2.65 bits per heavy atom. The van der Waals surface area contributed by atoms with Crippen LogP contribution in [0, 0.1) is 10.1 Å². The number of nitro groups is 1. The third kappa shape index (κ3) is 3.98. The van der Waals surface area contributed by atoms with Crippen molar-refractivity contribution < 1.29 is 14.5 Å². The quantitative estimate of drug-likeness (QED) is 0.664. The van der Waals surface area contributed by atoms with Crippen LogP contribution in [0.3, 0.4) is 0 Å². The lowest BCUT2D eigenvalue weighted by Crippen LogP contribution is -2.51. The number of likely N-dealkylation sites (N-methyl/N-ethyl adjacent to an activating group) is 1. The number of nitro benzene ring substituents is 1. The van der Waals surface area contributed by atoms with Gasteiger partial charge in [0.15, 0.2) is 5.75 Å². The maximum absolute atomic E-state index is 12.5. The average molecular weight is 321 g/mol.